The van der Waals surface area contributed by atoms with Gasteiger partial charge in [-0.1, -0.05) is 20.8 Å². The van der Waals surface area contributed by atoms with Crippen LogP contribution in [0.15, 0.2) is 0 Å². The third-order valence-corrected chi connectivity index (χ3v) is 5.05. The molecule has 1 saturated carbocycles. The van der Waals surface area contributed by atoms with E-state index in [1.165, 1.54) is 37.9 Å². The molecule has 1 nitrogen and oxygen atoms in total. The van der Waals surface area contributed by atoms with Gasteiger partial charge in [0.25, 0.3) is 0 Å². The number of hydrogen-bond acceptors (Lipinski definition) is 2. The second-order valence-electron chi connectivity index (χ2n) is 5.88. The minimum Gasteiger partial charge on any atom is -0.314 e. The number of thioether (sulfide) groups is 1. The summed E-state index contributed by atoms with van der Waals surface area (Å²) in [4.78, 5) is 0. The van der Waals surface area contributed by atoms with Gasteiger partial charge in [-0.25, -0.2) is 0 Å². The Bertz CT molecular complexity index is 193. The first kappa shape index (κ1) is 15.4. The van der Waals surface area contributed by atoms with Crippen LogP contribution in [0.4, 0.5) is 0 Å². The topological polar surface area (TPSA) is 12.0 Å². The number of rotatable bonds is 7. The summed E-state index contributed by atoms with van der Waals surface area (Å²) in [5.74, 6) is 4.12. The Morgan fingerprint density at radius 2 is 2.06 bits per heavy atom. The van der Waals surface area contributed by atoms with E-state index in [0.29, 0.717) is 0 Å². The van der Waals surface area contributed by atoms with Crippen molar-refractivity contribution < 1.29 is 0 Å². The molecule has 3 unspecified atom stereocenters. The summed E-state index contributed by atoms with van der Waals surface area (Å²) in [5.41, 5.74) is 0. The maximum atomic E-state index is 3.71. The Balaban J connectivity index is 2.43. The normalized spacial score (nSPS) is 29.8. The van der Waals surface area contributed by atoms with Gasteiger partial charge in [0.05, 0.1) is 0 Å². The Kier molecular flexibility index (Phi) is 7.61. The molecule has 0 aromatic carbocycles. The van der Waals surface area contributed by atoms with Gasteiger partial charge in [-0.3, -0.25) is 0 Å². The van der Waals surface area contributed by atoms with Crippen LogP contribution in [-0.4, -0.2) is 24.6 Å². The summed E-state index contributed by atoms with van der Waals surface area (Å²) in [6.45, 7) is 8.18. The van der Waals surface area contributed by atoms with Gasteiger partial charge in [0.2, 0.25) is 0 Å². The van der Waals surface area contributed by atoms with E-state index in [1.807, 2.05) is 11.8 Å². The maximum absolute atomic E-state index is 3.71. The summed E-state index contributed by atoms with van der Waals surface area (Å²) in [6, 6.07) is 0.803. The van der Waals surface area contributed by atoms with Crippen LogP contribution in [0.1, 0.15) is 52.9 Å². The largest absolute Gasteiger partial charge is 0.314 e. The van der Waals surface area contributed by atoms with E-state index in [1.54, 1.807) is 0 Å². The summed E-state index contributed by atoms with van der Waals surface area (Å²) in [5, 5.41) is 3.71. The molecule has 2 heteroatoms. The number of hydrogen-bond donors (Lipinski definition) is 1. The molecule has 3 atom stereocenters. The molecule has 1 N–H and O–H groups in total. The quantitative estimate of drug-likeness (QED) is 0.687. The fraction of sp³-hybridized carbons (Fsp3) is 1.00. The van der Waals surface area contributed by atoms with Gasteiger partial charge in [0.15, 0.2) is 0 Å². The molecule has 102 valence electrons. The SMILES string of the molecule is CCNC1CCC(C(C)C)CC1CCCSC. The Morgan fingerprint density at radius 3 is 2.65 bits per heavy atom. The first-order valence-electron chi connectivity index (χ1n) is 7.41. The molecule has 0 heterocycles. The average Bonchev–Trinajstić information content (AvgIpc) is 2.31. The molecule has 0 radical (unpaired) electrons. The standard InChI is InChI=1S/C15H31NS/c1-5-16-15-9-8-13(12(2)3)11-14(15)7-6-10-17-4/h12-16H,5-11H2,1-4H3. The van der Waals surface area contributed by atoms with E-state index in [4.69, 9.17) is 0 Å². The van der Waals surface area contributed by atoms with Gasteiger partial charge in [-0.15, -0.1) is 0 Å². The molecule has 0 amide bonds. The van der Waals surface area contributed by atoms with Gasteiger partial charge in [-0.2, -0.15) is 11.8 Å². The molecular formula is C15H31NS. The summed E-state index contributed by atoms with van der Waals surface area (Å²) in [6.07, 6.45) is 9.36. The van der Waals surface area contributed by atoms with Gasteiger partial charge in [-0.05, 0) is 68.4 Å². The Labute approximate surface area is 113 Å². The molecule has 1 rings (SSSR count). The van der Waals surface area contributed by atoms with E-state index < -0.39 is 0 Å². The highest BCUT2D eigenvalue weighted by Crippen LogP contribution is 2.36. The summed E-state index contributed by atoms with van der Waals surface area (Å²) >= 11 is 1.99. The van der Waals surface area contributed by atoms with Crippen molar-refractivity contribution in [3.05, 3.63) is 0 Å². The van der Waals surface area contributed by atoms with Gasteiger partial charge in [0, 0.05) is 6.04 Å². The predicted octanol–water partition coefficient (Wildman–Crippen LogP) is 4.18. The first-order chi connectivity index (χ1) is 8.19. The minimum absolute atomic E-state index is 0.803. The van der Waals surface area contributed by atoms with Gasteiger partial charge in [0.1, 0.15) is 0 Å². The van der Waals surface area contributed by atoms with Crippen molar-refractivity contribution in [2.24, 2.45) is 17.8 Å². The summed E-state index contributed by atoms with van der Waals surface area (Å²) < 4.78 is 0. The highest BCUT2D eigenvalue weighted by Gasteiger charge is 2.30. The molecule has 1 fully saturated rings. The average molecular weight is 257 g/mol. The van der Waals surface area contributed by atoms with Crippen LogP contribution < -0.4 is 5.32 Å². The van der Waals surface area contributed by atoms with E-state index >= 15 is 0 Å². The molecule has 0 aromatic rings. The highest BCUT2D eigenvalue weighted by atomic mass is 32.2. The number of nitrogens with one attached hydrogen (secondary N) is 1. The predicted molar refractivity (Wildman–Crippen MR) is 80.7 cm³/mol. The molecule has 1 aliphatic carbocycles. The lowest BCUT2D eigenvalue weighted by atomic mass is 9.72. The van der Waals surface area contributed by atoms with Crippen molar-refractivity contribution in [2.75, 3.05) is 18.6 Å². The molecule has 0 bridgehead atoms. The van der Waals surface area contributed by atoms with Crippen LogP contribution in [-0.2, 0) is 0 Å². The van der Waals surface area contributed by atoms with Crippen LogP contribution >= 0.6 is 11.8 Å². The van der Waals surface area contributed by atoms with E-state index in [9.17, 15) is 0 Å². The van der Waals surface area contributed by atoms with E-state index in [-0.39, 0.29) is 0 Å². The third kappa shape index (κ3) is 5.21. The van der Waals surface area contributed by atoms with Crippen LogP contribution in [0.25, 0.3) is 0 Å². The highest BCUT2D eigenvalue weighted by molar-refractivity contribution is 7.98. The van der Waals surface area contributed by atoms with Crippen molar-refractivity contribution in [1.29, 1.82) is 0 Å². The zero-order valence-electron chi connectivity index (χ0n) is 12.2. The molecule has 17 heavy (non-hydrogen) atoms. The first-order valence-corrected chi connectivity index (χ1v) is 8.80. The van der Waals surface area contributed by atoms with Crippen molar-refractivity contribution in [3.63, 3.8) is 0 Å². The van der Waals surface area contributed by atoms with Crippen molar-refractivity contribution in [2.45, 2.75) is 58.9 Å². The second-order valence-corrected chi connectivity index (χ2v) is 6.86. The van der Waals surface area contributed by atoms with Crippen molar-refractivity contribution in [1.82, 2.24) is 5.32 Å². The Morgan fingerprint density at radius 1 is 1.29 bits per heavy atom. The van der Waals surface area contributed by atoms with Gasteiger partial charge < -0.3 is 5.32 Å². The van der Waals surface area contributed by atoms with E-state index in [0.717, 1.165) is 30.3 Å². The van der Waals surface area contributed by atoms with Crippen molar-refractivity contribution >= 4 is 11.8 Å². The molecule has 0 saturated heterocycles. The third-order valence-electron chi connectivity index (χ3n) is 4.36. The zero-order valence-corrected chi connectivity index (χ0v) is 13.0. The molecule has 1 aliphatic rings. The lowest BCUT2D eigenvalue weighted by Crippen LogP contribution is -2.41. The molecule has 0 aromatic heterocycles. The lowest BCUT2D eigenvalue weighted by Gasteiger charge is -2.38. The minimum atomic E-state index is 0.803. The van der Waals surface area contributed by atoms with Crippen molar-refractivity contribution in [3.8, 4) is 0 Å². The molecular weight excluding hydrogens is 226 g/mol. The smallest absolute Gasteiger partial charge is 0.00954 e. The lowest BCUT2D eigenvalue weighted by molar-refractivity contribution is 0.161. The maximum Gasteiger partial charge on any atom is 0.00954 e. The van der Waals surface area contributed by atoms with E-state index in [2.05, 4.69) is 32.3 Å². The van der Waals surface area contributed by atoms with Crippen LogP contribution in [0.3, 0.4) is 0 Å². The molecule has 0 aliphatic heterocycles. The summed E-state index contributed by atoms with van der Waals surface area (Å²) in [7, 11) is 0. The fourth-order valence-corrected chi connectivity index (χ4v) is 3.70. The van der Waals surface area contributed by atoms with Crippen LogP contribution in [0.5, 0.6) is 0 Å². The monoisotopic (exact) mass is 257 g/mol. The van der Waals surface area contributed by atoms with Crippen LogP contribution in [0.2, 0.25) is 0 Å². The van der Waals surface area contributed by atoms with Gasteiger partial charge >= 0.3 is 0 Å². The zero-order chi connectivity index (χ0) is 12.7. The fourth-order valence-electron chi connectivity index (χ4n) is 3.25. The Hall–Kier alpha value is 0.310. The second kappa shape index (κ2) is 8.42. The molecule has 0 spiro atoms. The van der Waals surface area contributed by atoms with Crippen LogP contribution in [0, 0.1) is 17.8 Å².